The van der Waals surface area contributed by atoms with Crippen molar-refractivity contribution < 1.29 is 19.4 Å². The van der Waals surface area contributed by atoms with Gasteiger partial charge in [-0.3, -0.25) is 4.79 Å². The van der Waals surface area contributed by atoms with E-state index in [1.807, 2.05) is 6.07 Å². The normalized spacial score (nSPS) is 31.5. The fourth-order valence-electron chi connectivity index (χ4n) is 4.23. The Kier molecular flexibility index (Phi) is 3.46. The van der Waals surface area contributed by atoms with Crippen molar-refractivity contribution in [3.05, 3.63) is 59.7 Å². The van der Waals surface area contributed by atoms with Crippen LogP contribution in [0, 0.1) is 22.7 Å². The number of piperidine rings is 1. The van der Waals surface area contributed by atoms with E-state index in [9.17, 15) is 15.2 Å². The van der Waals surface area contributed by atoms with Crippen molar-refractivity contribution in [2.75, 3.05) is 14.2 Å². The molecular formula is C20H18N2O4. The second-order valence-corrected chi connectivity index (χ2v) is 6.63. The zero-order chi connectivity index (χ0) is 18.5. The van der Waals surface area contributed by atoms with Crippen LogP contribution in [0.3, 0.4) is 0 Å². The predicted octanol–water partition coefficient (Wildman–Crippen LogP) is 1.90. The molecule has 2 aromatic rings. The molecule has 1 heterocycles. The highest BCUT2D eigenvalue weighted by molar-refractivity contribution is 5.96. The highest BCUT2D eigenvalue weighted by Gasteiger charge is 2.83. The zero-order valence-electron chi connectivity index (χ0n) is 14.4. The minimum atomic E-state index is -1.59. The maximum absolute atomic E-state index is 12.7. The minimum Gasteiger partial charge on any atom is -0.497 e. The fourth-order valence-corrected chi connectivity index (χ4v) is 4.23. The molecule has 1 saturated heterocycles. The summed E-state index contributed by atoms with van der Waals surface area (Å²) in [6.45, 7) is 0. The Balaban J connectivity index is 1.83. The van der Waals surface area contributed by atoms with Crippen molar-refractivity contribution in [1.29, 1.82) is 5.26 Å². The van der Waals surface area contributed by atoms with Gasteiger partial charge in [0.05, 0.1) is 20.3 Å². The Morgan fingerprint density at radius 1 is 1.15 bits per heavy atom. The standard InChI is InChI=1S/C20H18N2O4/c1-25-13-8-9-14(15(10-13)26-2)16-17-19(16,11-21)18(23)22-20(17,24)12-6-4-3-5-7-12/h3-10,16-17,24H,1-2H3,(H,22,23)/t16-,17-,19+,20+/m1/s1. The summed E-state index contributed by atoms with van der Waals surface area (Å²) in [5.41, 5.74) is -1.63. The maximum Gasteiger partial charge on any atom is 0.244 e. The van der Waals surface area contributed by atoms with Gasteiger partial charge in [-0.15, -0.1) is 0 Å². The summed E-state index contributed by atoms with van der Waals surface area (Å²) in [6.07, 6.45) is 0. The van der Waals surface area contributed by atoms with Gasteiger partial charge in [0.15, 0.2) is 11.1 Å². The van der Waals surface area contributed by atoms with Crippen molar-refractivity contribution in [3.8, 4) is 17.6 Å². The van der Waals surface area contributed by atoms with Crippen LogP contribution in [0.5, 0.6) is 11.5 Å². The molecule has 2 aliphatic rings. The first kappa shape index (κ1) is 16.4. The Labute approximate surface area is 151 Å². The Hall–Kier alpha value is -3.04. The molecule has 4 atom stereocenters. The number of methoxy groups -OCH3 is 2. The molecule has 26 heavy (non-hydrogen) atoms. The monoisotopic (exact) mass is 350 g/mol. The molecule has 0 aromatic heterocycles. The molecule has 2 aromatic carbocycles. The number of carbonyl (C=O) groups is 1. The van der Waals surface area contributed by atoms with Crippen LogP contribution in [0.25, 0.3) is 0 Å². The molecule has 1 saturated carbocycles. The number of nitrogens with zero attached hydrogens (tertiary/aromatic N) is 1. The van der Waals surface area contributed by atoms with Gasteiger partial charge in [0.1, 0.15) is 11.5 Å². The third kappa shape index (κ3) is 1.92. The molecule has 132 valence electrons. The summed E-state index contributed by atoms with van der Waals surface area (Å²) in [4.78, 5) is 12.7. The lowest BCUT2D eigenvalue weighted by atomic mass is 9.95. The van der Waals surface area contributed by atoms with Gasteiger partial charge >= 0.3 is 0 Å². The predicted molar refractivity (Wildman–Crippen MR) is 92.3 cm³/mol. The number of fused-ring (bicyclic) bond motifs is 1. The van der Waals surface area contributed by atoms with E-state index in [0.29, 0.717) is 22.6 Å². The Morgan fingerprint density at radius 3 is 2.50 bits per heavy atom. The van der Waals surface area contributed by atoms with Crippen molar-refractivity contribution in [3.63, 3.8) is 0 Å². The van der Waals surface area contributed by atoms with Crippen LogP contribution < -0.4 is 14.8 Å². The van der Waals surface area contributed by atoms with Crippen molar-refractivity contribution in [2.45, 2.75) is 11.6 Å². The van der Waals surface area contributed by atoms with Gasteiger partial charge in [-0.05, 0) is 6.07 Å². The van der Waals surface area contributed by atoms with Gasteiger partial charge in [0.2, 0.25) is 5.91 Å². The smallest absolute Gasteiger partial charge is 0.244 e. The van der Waals surface area contributed by atoms with E-state index in [4.69, 9.17) is 9.47 Å². The number of aliphatic hydroxyl groups is 1. The summed E-state index contributed by atoms with van der Waals surface area (Å²) < 4.78 is 10.7. The van der Waals surface area contributed by atoms with Gasteiger partial charge in [0, 0.05) is 29.0 Å². The maximum atomic E-state index is 12.7. The van der Waals surface area contributed by atoms with Crippen LogP contribution >= 0.6 is 0 Å². The summed E-state index contributed by atoms with van der Waals surface area (Å²) in [6, 6.07) is 16.3. The molecule has 2 N–H and O–H groups in total. The average molecular weight is 350 g/mol. The molecule has 0 radical (unpaired) electrons. The van der Waals surface area contributed by atoms with Crippen LogP contribution in [0.4, 0.5) is 0 Å². The molecule has 1 amide bonds. The van der Waals surface area contributed by atoms with Crippen LogP contribution in [0.1, 0.15) is 17.0 Å². The van der Waals surface area contributed by atoms with E-state index >= 15 is 0 Å². The van der Waals surface area contributed by atoms with Crippen molar-refractivity contribution in [1.82, 2.24) is 5.32 Å². The highest BCUT2D eigenvalue weighted by Crippen LogP contribution is 2.74. The largest absolute Gasteiger partial charge is 0.497 e. The molecule has 6 heteroatoms. The second-order valence-electron chi connectivity index (χ2n) is 6.63. The van der Waals surface area contributed by atoms with Gasteiger partial charge < -0.3 is 19.9 Å². The molecule has 1 aliphatic heterocycles. The molecule has 0 unspecified atom stereocenters. The van der Waals surface area contributed by atoms with Crippen LogP contribution in [0.2, 0.25) is 0 Å². The fraction of sp³-hybridized carbons (Fsp3) is 0.300. The van der Waals surface area contributed by atoms with Crippen molar-refractivity contribution >= 4 is 5.91 Å². The number of carbonyl (C=O) groups excluding carboxylic acids is 1. The van der Waals surface area contributed by atoms with Gasteiger partial charge in [-0.1, -0.05) is 36.4 Å². The van der Waals surface area contributed by atoms with Crippen molar-refractivity contribution in [2.24, 2.45) is 11.3 Å². The molecule has 6 nitrogen and oxygen atoms in total. The SMILES string of the molecule is COc1ccc([C@@H]2[C@@H]3[C@@]2(C#N)C(=O)N[C@]3(O)c2ccccc2)c(OC)c1. The lowest BCUT2D eigenvalue weighted by Gasteiger charge is -2.27. The molecular weight excluding hydrogens is 332 g/mol. The van der Waals surface area contributed by atoms with Gasteiger partial charge in [-0.25, -0.2) is 0 Å². The third-order valence-corrected chi connectivity index (χ3v) is 5.51. The number of benzene rings is 2. The Bertz CT molecular complexity index is 923. The first-order valence-electron chi connectivity index (χ1n) is 8.26. The number of hydrogen-bond donors (Lipinski definition) is 2. The van der Waals surface area contributed by atoms with Gasteiger partial charge in [0.25, 0.3) is 0 Å². The summed E-state index contributed by atoms with van der Waals surface area (Å²) in [5.74, 6) is -0.379. The molecule has 2 fully saturated rings. The van der Waals surface area contributed by atoms with Crippen LogP contribution in [0.15, 0.2) is 48.5 Å². The number of hydrogen-bond acceptors (Lipinski definition) is 5. The second kappa shape index (κ2) is 5.48. The van der Waals surface area contributed by atoms with Gasteiger partial charge in [-0.2, -0.15) is 5.26 Å². The first-order chi connectivity index (χ1) is 12.5. The van der Waals surface area contributed by atoms with Crippen LogP contribution in [-0.4, -0.2) is 25.2 Å². The summed E-state index contributed by atoms with van der Waals surface area (Å²) in [7, 11) is 3.08. The number of ether oxygens (including phenoxy) is 2. The molecule has 4 rings (SSSR count). The van der Waals surface area contributed by atoms with E-state index in [-0.39, 0.29) is 0 Å². The van der Waals surface area contributed by atoms with E-state index < -0.39 is 28.9 Å². The Morgan fingerprint density at radius 2 is 1.88 bits per heavy atom. The number of nitriles is 1. The molecule has 0 bridgehead atoms. The number of nitrogens with one attached hydrogen (secondary N) is 1. The van der Waals surface area contributed by atoms with Crippen LogP contribution in [-0.2, 0) is 10.5 Å². The molecule has 1 aliphatic carbocycles. The summed E-state index contributed by atoms with van der Waals surface area (Å²) >= 11 is 0. The summed E-state index contributed by atoms with van der Waals surface area (Å²) in [5, 5.41) is 23.7. The number of rotatable bonds is 4. The average Bonchev–Trinajstić information content (AvgIpc) is 3.32. The third-order valence-electron chi connectivity index (χ3n) is 5.51. The first-order valence-corrected chi connectivity index (χ1v) is 8.26. The van der Waals surface area contributed by atoms with E-state index in [1.165, 1.54) is 7.11 Å². The number of amides is 1. The zero-order valence-corrected chi connectivity index (χ0v) is 14.4. The highest BCUT2D eigenvalue weighted by atomic mass is 16.5. The van der Waals surface area contributed by atoms with E-state index in [1.54, 1.807) is 49.6 Å². The quantitative estimate of drug-likeness (QED) is 0.879. The van der Waals surface area contributed by atoms with E-state index in [0.717, 1.165) is 0 Å². The topological polar surface area (TPSA) is 91.6 Å². The lowest BCUT2D eigenvalue weighted by molar-refractivity contribution is -0.127. The molecule has 0 spiro atoms. The van der Waals surface area contributed by atoms with E-state index in [2.05, 4.69) is 11.4 Å². The minimum absolute atomic E-state index is 0.459. The lowest BCUT2D eigenvalue weighted by Crippen LogP contribution is -2.44.